The van der Waals surface area contributed by atoms with E-state index in [1.54, 1.807) is 0 Å². The van der Waals surface area contributed by atoms with Crippen molar-refractivity contribution in [1.82, 2.24) is 4.90 Å². The molecule has 0 aliphatic carbocycles. The number of alkyl halides is 3. The van der Waals surface area contributed by atoms with E-state index < -0.39 is 18.6 Å². The molecule has 2 unspecified atom stereocenters. The maximum Gasteiger partial charge on any atom is 0.390 e. The first-order valence-corrected chi connectivity index (χ1v) is 4.39. The molecule has 1 fully saturated rings. The molecule has 0 radical (unpaired) electrons. The predicted octanol–water partition coefficient (Wildman–Crippen LogP) is 1.22. The molecule has 0 spiro atoms. The molecule has 0 bridgehead atoms. The van der Waals surface area contributed by atoms with E-state index in [1.807, 2.05) is 11.9 Å². The Morgan fingerprint density at radius 1 is 1.54 bits per heavy atom. The van der Waals surface area contributed by atoms with E-state index in [-0.39, 0.29) is 5.92 Å². The van der Waals surface area contributed by atoms with Crippen LogP contribution in [0, 0.1) is 5.92 Å². The summed E-state index contributed by atoms with van der Waals surface area (Å²) < 4.78 is 35.9. The summed E-state index contributed by atoms with van der Waals surface area (Å²) in [5.41, 5.74) is 5.48. The van der Waals surface area contributed by atoms with Crippen molar-refractivity contribution in [3.05, 3.63) is 0 Å². The molecule has 1 rings (SSSR count). The number of nitrogens with zero attached hydrogens (tertiary/aromatic N) is 1. The van der Waals surface area contributed by atoms with Crippen LogP contribution >= 0.6 is 0 Å². The Bertz CT molecular complexity index is 169. The molecule has 0 aromatic carbocycles. The molecule has 5 heteroatoms. The van der Waals surface area contributed by atoms with Crippen LogP contribution in [0.3, 0.4) is 0 Å². The molecule has 13 heavy (non-hydrogen) atoms. The van der Waals surface area contributed by atoms with Crippen LogP contribution in [0.5, 0.6) is 0 Å². The van der Waals surface area contributed by atoms with Gasteiger partial charge in [-0.2, -0.15) is 13.2 Å². The lowest BCUT2D eigenvalue weighted by atomic mass is 9.97. The molecule has 0 aromatic rings. The second-order valence-corrected chi connectivity index (χ2v) is 3.79. The summed E-state index contributed by atoms with van der Waals surface area (Å²) in [4.78, 5) is 2.01. The third kappa shape index (κ3) is 3.52. The summed E-state index contributed by atoms with van der Waals surface area (Å²) >= 11 is 0. The Labute approximate surface area is 75.9 Å². The zero-order valence-corrected chi connectivity index (χ0v) is 7.64. The summed E-state index contributed by atoms with van der Waals surface area (Å²) in [6.45, 7) is 1.55. The predicted molar refractivity (Wildman–Crippen MR) is 44.3 cm³/mol. The highest BCUT2D eigenvalue weighted by Gasteiger charge is 2.35. The van der Waals surface area contributed by atoms with E-state index in [0.29, 0.717) is 6.54 Å². The Morgan fingerprint density at radius 2 is 2.15 bits per heavy atom. The van der Waals surface area contributed by atoms with Crippen LogP contribution in [0.25, 0.3) is 0 Å². The summed E-state index contributed by atoms with van der Waals surface area (Å²) in [5.74, 6) is 0.00613. The van der Waals surface area contributed by atoms with Gasteiger partial charge in [-0.1, -0.05) is 0 Å². The summed E-state index contributed by atoms with van der Waals surface area (Å²) in [6.07, 6.45) is -4.19. The van der Waals surface area contributed by atoms with E-state index in [1.165, 1.54) is 0 Å². The molecule has 1 aliphatic heterocycles. The first kappa shape index (κ1) is 10.8. The molecule has 1 saturated heterocycles. The van der Waals surface area contributed by atoms with Gasteiger partial charge in [-0.05, 0) is 25.9 Å². The van der Waals surface area contributed by atoms with E-state index in [9.17, 15) is 13.2 Å². The highest BCUT2D eigenvalue weighted by molar-refractivity contribution is 4.83. The van der Waals surface area contributed by atoms with E-state index >= 15 is 0 Å². The van der Waals surface area contributed by atoms with Crippen molar-refractivity contribution in [1.29, 1.82) is 0 Å². The quantitative estimate of drug-likeness (QED) is 0.719. The van der Waals surface area contributed by atoms with Crippen molar-refractivity contribution < 1.29 is 13.2 Å². The van der Waals surface area contributed by atoms with Crippen LogP contribution in [0.15, 0.2) is 0 Å². The molecule has 2 N–H and O–H groups in total. The largest absolute Gasteiger partial charge is 0.390 e. The highest BCUT2D eigenvalue weighted by Crippen LogP contribution is 2.27. The van der Waals surface area contributed by atoms with Crippen LogP contribution in [-0.4, -0.2) is 37.3 Å². The monoisotopic (exact) mass is 196 g/mol. The maximum atomic E-state index is 12.0. The van der Waals surface area contributed by atoms with Crippen molar-refractivity contribution in [3.63, 3.8) is 0 Å². The molecule has 1 aliphatic rings. The van der Waals surface area contributed by atoms with Gasteiger partial charge in [0.25, 0.3) is 0 Å². The Balaban J connectivity index is 2.36. The minimum atomic E-state index is -4.12. The summed E-state index contributed by atoms with van der Waals surface area (Å²) in [5, 5.41) is 0. The van der Waals surface area contributed by atoms with Gasteiger partial charge in [0, 0.05) is 12.6 Å². The molecular formula is C8H15F3N2. The Kier molecular flexibility index (Phi) is 3.18. The van der Waals surface area contributed by atoms with Crippen LogP contribution < -0.4 is 5.73 Å². The number of hydrogen-bond donors (Lipinski definition) is 1. The molecule has 0 aromatic heterocycles. The van der Waals surface area contributed by atoms with Gasteiger partial charge in [0.05, 0.1) is 6.42 Å². The standard InChI is InChI=1S/C8H15F3N2/c1-13-3-2-6(5-13)7(12)4-8(9,10)11/h6-7H,2-5,12H2,1H3. The molecule has 2 nitrogen and oxygen atoms in total. The minimum absolute atomic E-state index is 0.00613. The average Bonchev–Trinajstić information content (AvgIpc) is 2.31. The second kappa shape index (κ2) is 3.84. The van der Waals surface area contributed by atoms with Crippen molar-refractivity contribution >= 4 is 0 Å². The number of nitrogens with two attached hydrogens (primary N) is 1. The van der Waals surface area contributed by atoms with Gasteiger partial charge in [0.2, 0.25) is 0 Å². The van der Waals surface area contributed by atoms with Crippen LogP contribution in [0.1, 0.15) is 12.8 Å². The number of rotatable bonds is 2. The Morgan fingerprint density at radius 3 is 2.54 bits per heavy atom. The molecule has 78 valence electrons. The first-order valence-electron chi connectivity index (χ1n) is 4.39. The van der Waals surface area contributed by atoms with Crippen LogP contribution in [-0.2, 0) is 0 Å². The fourth-order valence-electron chi connectivity index (χ4n) is 1.75. The van der Waals surface area contributed by atoms with Gasteiger partial charge >= 0.3 is 6.18 Å². The average molecular weight is 196 g/mol. The zero-order chi connectivity index (χ0) is 10.1. The fourth-order valence-corrected chi connectivity index (χ4v) is 1.75. The second-order valence-electron chi connectivity index (χ2n) is 3.79. The first-order chi connectivity index (χ1) is 5.88. The van der Waals surface area contributed by atoms with Gasteiger partial charge in [0.1, 0.15) is 0 Å². The minimum Gasteiger partial charge on any atom is -0.327 e. The molecule has 0 amide bonds. The van der Waals surface area contributed by atoms with E-state index in [0.717, 1.165) is 13.0 Å². The third-order valence-electron chi connectivity index (χ3n) is 2.50. The van der Waals surface area contributed by atoms with Gasteiger partial charge in [0.15, 0.2) is 0 Å². The van der Waals surface area contributed by atoms with E-state index in [2.05, 4.69) is 0 Å². The van der Waals surface area contributed by atoms with Gasteiger partial charge < -0.3 is 10.6 Å². The number of halogens is 3. The summed E-state index contributed by atoms with van der Waals surface area (Å²) in [6, 6.07) is -0.732. The maximum absolute atomic E-state index is 12.0. The number of hydrogen-bond acceptors (Lipinski definition) is 2. The lowest BCUT2D eigenvalue weighted by Crippen LogP contribution is -2.36. The van der Waals surface area contributed by atoms with Gasteiger partial charge in [-0.25, -0.2) is 0 Å². The van der Waals surface area contributed by atoms with E-state index in [4.69, 9.17) is 5.73 Å². The lowest BCUT2D eigenvalue weighted by Gasteiger charge is -2.20. The molecule has 0 saturated carbocycles. The number of likely N-dealkylation sites (tertiary alicyclic amines) is 1. The Hall–Kier alpha value is -0.290. The lowest BCUT2D eigenvalue weighted by molar-refractivity contribution is -0.140. The SMILES string of the molecule is CN1CCC(C(N)CC(F)(F)F)C1. The van der Waals surface area contributed by atoms with Crippen molar-refractivity contribution in [3.8, 4) is 0 Å². The highest BCUT2D eigenvalue weighted by atomic mass is 19.4. The molecule has 2 atom stereocenters. The van der Waals surface area contributed by atoms with Crippen molar-refractivity contribution in [2.24, 2.45) is 11.7 Å². The van der Waals surface area contributed by atoms with Crippen LogP contribution in [0.4, 0.5) is 13.2 Å². The molecule has 1 heterocycles. The fraction of sp³-hybridized carbons (Fsp3) is 1.00. The summed E-state index contributed by atoms with van der Waals surface area (Å²) in [7, 11) is 1.90. The zero-order valence-electron chi connectivity index (χ0n) is 7.64. The topological polar surface area (TPSA) is 29.3 Å². The van der Waals surface area contributed by atoms with Gasteiger partial charge in [-0.15, -0.1) is 0 Å². The van der Waals surface area contributed by atoms with Crippen molar-refractivity contribution in [2.75, 3.05) is 20.1 Å². The van der Waals surface area contributed by atoms with Gasteiger partial charge in [-0.3, -0.25) is 0 Å². The third-order valence-corrected chi connectivity index (χ3v) is 2.50. The van der Waals surface area contributed by atoms with Crippen LogP contribution in [0.2, 0.25) is 0 Å². The molecular weight excluding hydrogens is 181 g/mol. The van der Waals surface area contributed by atoms with Crippen molar-refractivity contribution in [2.45, 2.75) is 25.1 Å². The smallest absolute Gasteiger partial charge is 0.327 e. The normalized spacial score (nSPS) is 27.9.